The molecule has 0 spiro atoms. The van der Waals surface area contributed by atoms with E-state index in [1.165, 1.54) is 21.2 Å². The maximum atomic E-state index is 11.4. The second-order valence-electron chi connectivity index (χ2n) is 8.10. The largest absolute Gasteiger partial charge is 0.481 e. The molecule has 1 N–H and O–H groups in total. The Bertz CT molecular complexity index is 804. The van der Waals surface area contributed by atoms with Gasteiger partial charge in [0.2, 0.25) is 0 Å². The van der Waals surface area contributed by atoms with Crippen LogP contribution in [0.15, 0.2) is 58.3 Å². The number of fused-ring (bicyclic) bond motifs is 2. The van der Waals surface area contributed by atoms with Gasteiger partial charge in [0.1, 0.15) is 0 Å². The van der Waals surface area contributed by atoms with Gasteiger partial charge in [-0.25, -0.2) is 0 Å². The predicted octanol–water partition coefficient (Wildman–Crippen LogP) is 5.29. The summed E-state index contributed by atoms with van der Waals surface area (Å²) in [4.78, 5) is 18.9. The van der Waals surface area contributed by atoms with E-state index in [0.717, 1.165) is 25.9 Å². The summed E-state index contributed by atoms with van der Waals surface area (Å²) in [7, 11) is 0. The third-order valence-corrected chi connectivity index (χ3v) is 6.72. The van der Waals surface area contributed by atoms with E-state index >= 15 is 0 Å². The first-order chi connectivity index (χ1) is 13.0. The maximum absolute atomic E-state index is 11.4. The zero-order valence-electron chi connectivity index (χ0n) is 16.3. The van der Waals surface area contributed by atoms with Gasteiger partial charge >= 0.3 is 5.97 Å². The molecule has 1 saturated heterocycles. The van der Waals surface area contributed by atoms with Gasteiger partial charge < -0.3 is 14.9 Å². The minimum absolute atomic E-state index is 0. The number of para-hydroxylation sites is 2. The highest BCUT2D eigenvalue weighted by Crippen LogP contribution is 2.49. The molecule has 0 bridgehead atoms. The molecule has 2 aliphatic rings. The molecule has 28 heavy (non-hydrogen) atoms. The fraction of sp³-hybridized carbons (Fsp3) is 0.409. The molecule has 0 aromatic heterocycles. The van der Waals surface area contributed by atoms with Crippen LogP contribution in [0.5, 0.6) is 0 Å². The minimum Gasteiger partial charge on any atom is -0.481 e. The van der Waals surface area contributed by atoms with Gasteiger partial charge in [-0.1, -0.05) is 36.0 Å². The quantitative estimate of drug-likeness (QED) is 0.731. The number of aliphatic carboxylic acids is 1. The van der Waals surface area contributed by atoms with Crippen molar-refractivity contribution in [2.24, 2.45) is 5.41 Å². The fourth-order valence-corrected chi connectivity index (χ4v) is 5.16. The van der Waals surface area contributed by atoms with E-state index in [-0.39, 0.29) is 12.4 Å². The molecular formula is C22H27ClN2O2S. The lowest BCUT2D eigenvalue weighted by Crippen LogP contribution is -2.47. The Labute approximate surface area is 177 Å². The summed E-state index contributed by atoms with van der Waals surface area (Å²) in [6.07, 6.45) is 2.09. The summed E-state index contributed by atoms with van der Waals surface area (Å²) < 4.78 is 0. The highest BCUT2D eigenvalue weighted by atomic mass is 35.5. The topological polar surface area (TPSA) is 43.8 Å². The van der Waals surface area contributed by atoms with Crippen molar-refractivity contribution in [2.75, 3.05) is 24.5 Å². The van der Waals surface area contributed by atoms with E-state index in [9.17, 15) is 9.90 Å². The number of piperidine rings is 1. The number of likely N-dealkylation sites (tertiary alicyclic amines) is 1. The molecule has 0 atom stereocenters. The number of hydrogen-bond donors (Lipinski definition) is 1. The normalized spacial score (nSPS) is 17.4. The zero-order chi connectivity index (χ0) is 19.0. The van der Waals surface area contributed by atoms with E-state index in [0.29, 0.717) is 12.6 Å². The van der Waals surface area contributed by atoms with Crippen molar-refractivity contribution in [3.05, 3.63) is 48.5 Å². The molecule has 4 nitrogen and oxygen atoms in total. The number of nitrogens with zero attached hydrogens (tertiary/aromatic N) is 2. The van der Waals surface area contributed by atoms with Crippen molar-refractivity contribution in [3.8, 4) is 0 Å². The Morgan fingerprint density at radius 1 is 1.04 bits per heavy atom. The second-order valence-corrected chi connectivity index (χ2v) is 9.19. The van der Waals surface area contributed by atoms with Gasteiger partial charge in [-0.3, -0.25) is 4.79 Å². The van der Waals surface area contributed by atoms with Crippen molar-refractivity contribution in [3.63, 3.8) is 0 Å². The first-order valence-electron chi connectivity index (χ1n) is 9.56. The molecular weight excluding hydrogens is 392 g/mol. The number of carboxylic acid groups (broad SMARTS) is 1. The summed E-state index contributed by atoms with van der Waals surface area (Å²) >= 11 is 1.84. The molecule has 4 rings (SSSR count). The molecule has 1 fully saturated rings. The number of anilines is 2. The van der Waals surface area contributed by atoms with Crippen molar-refractivity contribution in [1.29, 1.82) is 0 Å². The fourth-order valence-electron chi connectivity index (χ4n) is 4.09. The Morgan fingerprint density at radius 2 is 1.54 bits per heavy atom. The molecule has 2 aromatic rings. The summed E-state index contributed by atoms with van der Waals surface area (Å²) in [6.45, 7) is 6.12. The Balaban J connectivity index is 0.00000225. The number of carbonyl (C=O) groups is 1. The molecule has 6 heteroatoms. The van der Waals surface area contributed by atoms with Gasteiger partial charge in [0.15, 0.2) is 0 Å². The standard InChI is InChI=1S/C22H26N2O2S.ClH/c1-22(2,21(25)26)15-23-13-11-16(12-14-23)24-17-7-3-5-9-19(17)27-20-10-6-4-8-18(20)24;/h3-10,16H,11-15H2,1-2H3,(H,25,26);1H. The molecule has 2 aromatic carbocycles. The van der Waals surface area contributed by atoms with Crippen molar-refractivity contribution in [1.82, 2.24) is 4.90 Å². The highest BCUT2D eigenvalue weighted by molar-refractivity contribution is 7.99. The summed E-state index contributed by atoms with van der Waals surface area (Å²) in [5.74, 6) is -0.722. The number of benzene rings is 2. The van der Waals surface area contributed by atoms with Gasteiger partial charge in [0.05, 0.1) is 16.8 Å². The van der Waals surface area contributed by atoms with E-state index in [2.05, 4.69) is 58.3 Å². The molecule has 0 unspecified atom stereocenters. The summed E-state index contributed by atoms with van der Waals surface area (Å²) in [5.41, 5.74) is 1.89. The van der Waals surface area contributed by atoms with Crippen molar-refractivity contribution >= 4 is 41.5 Å². The number of halogens is 1. The van der Waals surface area contributed by atoms with Gasteiger partial charge in [0, 0.05) is 35.5 Å². The molecule has 0 amide bonds. The summed E-state index contributed by atoms with van der Waals surface area (Å²) in [6, 6.07) is 17.7. The van der Waals surface area contributed by atoms with Crippen molar-refractivity contribution < 1.29 is 9.90 Å². The molecule has 0 saturated carbocycles. The summed E-state index contributed by atoms with van der Waals surface area (Å²) in [5, 5.41) is 9.41. The first-order valence-corrected chi connectivity index (χ1v) is 10.4. The van der Waals surface area contributed by atoms with Crippen LogP contribution in [-0.2, 0) is 4.79 Å². The predicted molar refractivity (Wildman–Crippen MR) is 117 cm³/mol. The third kappa shape index (κ3) is 4.02. The average molecular weight is 419 g/mol. The van der Waals surface area contributed by atoms with E-state index < -0.39 is 11.4 Å². The molecule has 0 aliphatic carbocycles. The Kier molecular flexibility index (Phi) is 6.28. The highest BCUT2D eigenvalue weighted by Gasteiger charge is 2.34. The number of carboxylic acids is 1. The van der Waals surface area contributed by atoms with Crippen LogP contribution in [0.2, 0.25) is 0 Å². The van der Waals surface area contributed by atoms with Gasteiger partial charge in [-0.05, 0) is 51.0 Å². The van der Waals surface area contributed by atoms with Crippen LogP contribution in [0.25, 0.3) is 0 Å². The third-order valence-electron chi connectivity index (χ3n) is 5.59. The van der Waals surface area contributed by atoms with Crippen LogP contribution in [0.3, 0.4) is 0 Å². The number of hydrogen-bond acceptors (Lipinski definition) is 4. The SMILES string of the molecule is CC(C)(CN1CCC(N2c3ccccc3Sc3ccccc32)CC1)C(=O)O.Cl. The Morgan fingerprint density at radius 3 is 2.04 bits per heavy atom. The van der Waals surface area contributed by atoms with Crippen LogP contribution >= 0.6 is 24.2 Å². The van der Waals surface area contributed by atoms with Gasteiger partial charge in [-0.2, -0.15) is 0 Å². The number of rotatable bonds is 4. The monoisotopic (exact) mass is 418 g/mol. The Hall–Kier alpha value is -1.69. The van der Waals surface area contributed by atoms with Gasteiger partial charge in [-0.15, -0.1) is 12.4 Å². The first kappa shape index (κ1) is 21.0. The van der Waals surface area contributed by atoms with Crippen molar-refractivity contribution in [2.45, 2.75) is 42.5 Å². The second kappa shape index (κ2) is 8.36. The van der Waals surface area contributed by atoms with Crippen LogP contribution in [0, 0.1) is 5.41 Å². The molecule has 0 radical (unpaired) electrons. The minimum atomic E-state index is -0.722. The van der Waals surface area contributed by atoms with Crippen LogP contribution in [0.1, 0.15) is 26.7 Å². The van der Waals surface area contributed by atoms with Crippen LogP contribution in [-0.4, -0.2) is 41.7 Å². The molecule has 150 valence electrons. The maximum Gasteiger partial charge on any atom is 0.310 e. The van der Waals surface area contributed by atoms with Crippen LogP contribution < -0.4 is 4.90 Å². The van der Waals surface area contributed by atoms with Gasteiger partial charge in [0.25, 0.3) is 0 Å². The molecule has 2 heterocycles. The lowest BCUT2D eigenvalue weighted by Gasteiger charge is -2.43. The van der Waals surface area contributed by atoms with E-state index in [1.807, 2.05) is 25.6 Å². The zero-order valence-corrected chi connectivity index (χ0v) is 17.9. The average Bonchev–Trinajstić information content (AvgIpc) is 2.66. The van der Waals surface area contributed by atoms with E-state index in [1.54, 1.807) is 0 Å². The molecule has 2 aliphatic heterocycles. The lowest BCUT2D eigenvalue weighted by atomic mass is 9.91. The smallest absolute Gasteiger partial charge is 0.310 e. The van der Waals surface area contributed by atoms with Crippen LogP contribution in [0.4, 0.5) is 11.4 Å². The lowest BCUT2D eigenvalue weighted by molar-refractivity contribution is -0.148. The van der Waals surface area contributed by atoms with E-state index in [4.69, 9.17) is 0 Å².